The summed E-state index contributed by atoms with van der Waals surface area (Å²) in [6.45, 7) is 4.48. The van der Waals surface area contributed by atoms with E-state index in [2.05, 4.69) is 0 Å². The van der Waals surface area contributed by atoms with Crippen molar-refractivity contribution in [1.82, 2.24) is 0 Å². The molecule has 0 amide bonds. The van der Waals surface area contributed by atoms with Gasteiger partial charge in [-0.05, 0) is 37.6 Å². The maximum absolute atomic E-state index is 13.0. The largest absolute Gasteiger partial charge is 0.373 e. The van der Waals surface area contributed by atoms with Gasteiger partial charge in [0.1, 0.15) is 5.82 Å². The number of anilines is 1. The van der Waals surface area contributed by atoms with Gasteiger partial charge in [0.15, 0.2) is 0 Å². The lowest BCUT2D eigenvalue weighted by Gasteiger charge is -2.21. The van der Waals surface area contributed by atoms with Gasteiger partial charge in [-0.1, -0.05) is 0 Å². The molecule has 0 bridgehead atoms. The molecular formula is C11H17FN2. The van der Waals surface area contributed by atoms with Gasteiger partial charge >= 0.3 is 0 Å². The number of rotatable bonds is 3. The zero-order valence-electron chi connectivity index (χ0n) is 8.92. The van der Waals surface area contributed by atoms with Gasteiger partial charge in [-0.15, -0.1) is 0 Å². The van der Waals surface area contributed by atoms with Crippen LogP contribution in [0.4, 0.5) is 10.1 Å². The Bertz CT molecular complexity index is 310. The third kappa shape index (κ3) is 2.70. The Balaban J connectivity index is 2.80. The zero-order chi connectivity index (χ0) is 10.7. The summed E-state index contributed by atoms with van der Waals surface area (Å²) in [5, 5.41) is 0. The maximum atomic E-state index is 13.0. The monoisotopic (exact) mass is 196 g/mol. The number of likely N-dealkylation sites (N-methyl/N-ethyl adjacent to an activating group) is 1. The summed E-state index contributed by atoms with van der Waals surface area (Å²) < 4.78 is 13.0. The van der Waals surface area contributed by atoms with Crippen molar-refractivity contribution in [2.75, 3.05) is 18.5 Å². The third-order valence-corrected chi connectivity index (χ3v) is 2.14. The van der Waals surface area contributed by atoms with E-state index < -0.39 is 0 Å². The van der Waals surface area contributed by atoms with E-state index in [1.165, 1.54) is 6.07 Å². The Morgan fingerprint density at radius 2 is 2.14 bits per heavy atom. The first-order chi connectivity index (χ1) is 6.50. The summed E-state index contributed by atoms with van der Waals surface area (Å²) in [6, 6.07) is 5.20. The van der Waals surface area contributed by atoms with Crippen molar-refractivity contribution in [2.45, 2.75) is 19.9 Å². The molecule has 0 aliphatic heterocycles. The quantitative estimate of drug-likeness (QED) is 0.800. The Morgan fingerprint density at radius 3 is 2.64 bits per heavy atom. The predicted octanol–water partition coefficient (Wildman–Crippen LogP) is 1.92. The van der Waals surface area contributed by atoms with E-state index in [-0.39, 0.29) is 11.9 Å². The number of benzene rings is 1. The van der Waals surface area contributed by atoms with E-state index in [0.29, 0.717) is 5.56 Å². The predicted molar refractivity (Wildman–Crippen MR) is 58.1 cm³/mol. The fourth-order valence-electron chi connectivity index (χ4n) is 1.40. The number of aryl methyl sites for hydroxylation is 1. The van der Waals surface area contributed by atoms with Gasteiger partial charge in [0.2, 0.25) is 0 Å². The normalized spacial score (nSPS) is 12.6. The lowest BCUT2D eigenvalue weighted by Crippen LogP contribution is -2.32. The molecule has 0 fully saturated rings. The second-order valence-corrected chi connectivity index (χ2v) is 3.79. The summed E-state index contributed by atoms with van der Waals surface area (Å²) in [5.41, 5.74) is 7.35. The minimum Gasteiger partial charge on any atom is -0.373 e. The van der Waals surface area contributed by atoms with Gasteiger partial charge in [-0.25, -0.2) is 4.39 Å². The fourth-order valence-corrected chi connectivity index (χ4v) is 1.40. The fraction of sp³-hybridized carbons (Fsp3) is 0.455. The maximum Gasteiger partial charge on any atom is 0.126 e. The van der Waals surface area contributed by atoms with Crippen LogP contribution in [0.5, 0.6) is 0 Å². The van der Waals surface area contributed by atoms with Gasteiger partial charge in [0.05, 0.1) is 0 Å². The Labute approximate surface area is 84.5 Å². The van der Waals surface area contributed by atoms with Crippen molar-refractivity contribution in [1.29, 1.82) is 0 Å². The van der Waals surface area contributed by atoms with Crippen LogP contribution in [0.25, 0.3) is 0 Å². The second kappa shape index (κ2) is 4.42. The van der Waals surface area contributed by atoms with Crippen LogP contribution in [-0.4, -0.2) is 19.6 Å². The van der Waals surface area contributed by atoms with Crippen LogP contribution in [0.15, 0.2) is 18.2 Å². The van der Waals surface area contributed by atoms with Crippen LogP contribution < -0.4 is 10.6 Å². The molecule has 3 heteroatoms. The van der Waals surface area contributed by atoms with Gasteiger partial charge in [0.25, 0.3) is 0 Å². The van der Waals surface area contributed by atoms with E-state index in [1.807, 2.05) is 24.9 Å². The average Bonchev–Trinajstić information content (AvgIpc) is 2.08. The van der Waals surface area contributed by atoms with Crippen LogP contribution >= 0.6 is 0 Å². The molecule has 0 aliphatic carbocycles. The minimum absolute atomic E-state index is 0.116. The molecular weight excluding hydrogens is 179 g/mol. The van der Waals surface area contributed by atoms with Crippen LogP contribution in [0.2, 0.25) is 0 Å². The Hall–Kier alpha value is -1.09. The average molecular weight is 196 g/mol. The van der Waals surface area contributed by atoms with E-state index in [9.17, 15) is 4.39 Å². The van der Waals surface area contributed by atoms with Crippen LogP contribution in [0.1, 0.15) is 12.5 Å². The molecule has 1 aromatic carbocycles. The molecule has 2 N–H and O–H groups in total. The van der Waals surface area contributed by atoms with Crippen LogP contribution in [0.3, 0.4) is 0 Å². The highest BCUT2D eigenvalue weighted by Crippen LogP contribution is 2.16. The Kier molecular flexibility index (Phi) is 3.47. The molecule has 78 valence electrons. The van der Waals surface area contributed by atoms with Crippen LogP contribution in [-0.2, 0) is 0 Å². The summed E-state index contributed by atoms with van der Waals surface area (Å²) >= 11 is 0. The first-order valence-corrected chi connectivity index (χ1v) is 4.73. The van der Waals surface area contributed by atoms with Gasteiger partial charge in [-0.2, -0.15) is 0 Å². The first kappa shape index (κ1) is 11.0. The highest BCUT2D eigenvalue weighted by molar-refractivity contribution is 5.48. The molecule has 2 nitrogen and oxygen atoms in total. The summed E-state index contributed by atoms with van der Waals surface area (Å²) in [4.78, 5) is 2.02. The molecule has 0 spiro atoms. The highest BCUT2D eigenvalue weighted by atomic mass is 19.1. The molecule has 0 saturated carbocycles. The molecule has 0 aromatic heterocycles. The SMILES string of the molecule is Cc1cc(N(C)CC(C)N)ccc1F. The number of halogens is 1. The van der Waals surface area contributed by atoms with Crippen molar-refractivity contribution >= 4 is 5.69 Å². The topological polar surface area (TPSA) is 29.3 Å². The minimum atomic E-state index is -0.164. The van der Waals surface area contributed by atoms with Gasteiger partial charge < -0.3 is 10.6 Å². The lowest BCUT2D eigenvalue weighted by atomic mass is 10.2. The molecule has 0 radical (unpaired) electrons. The molecule has 1 rings (SSSR count). The summed E-state index contributed by atoms with van der Waals surface area (Å²) in [5.74, 6) is -0.164. The second-order valence-electron chi connectivity index (χ2n) is 3.79. The molecule has 0 heterocycles. The van der Waals surface area contributed by atoms with E-state index in [0.717, 1.165) is 12.2 Å². The van der Waals surface area contributed by atoms with Crippen molar-refractivity contribution in [3.63, 3.8) is 0 Å². The standard InChI is InChI=1S/C11H17FN2/c1-8-6-10(4-5-11(8)12)14(3)7-9(2)13/h4-6,9H,7,13H2,1-3H3. The molecule has 1 atom stereocenters. The molecule has 1 aromatic rings. The number of hydrogen-bond donors (Lipinski definition) is 1. The van der Waals surface area contributed by atoms with Crippen molar-refractivity contribution in [3.05, 3.63) is 29.6 Å². The molecule has 0 saturated heterocycles. The highest BCUT2D eigenvalue weighted by Gasteiger charge is 2.05. The third-order valence-electron chi connectivity index (χ3n) is 2.14. The lowest BCUT2D eigenvalue weighted by molar-refractivity contribution is 0.618. The smallest absolute Gasteiger partial charge is 0.126 e. The van der Waals surface area contributed by atoms with E-state index in [1.54, 1.807) is 13.0 Å². The first-order valence-electron chi connectivity index (χ1n) is 4.73. The number of nitrogens with zero attached hydrogens (tertiary/aromatic N) is 1. The van der Waals surface area contributed by atoms with Crippen molar-refractivity contribution in [3.8, 4) is 0 Å². The number of nitrogens with two attached hydrogens (primary N) is 1. The summed E-state index contributed by atoms with van der Waals surface area (Å²) in [7, 11) is 1.95. The van der Waals surface area contributed by atoms with Crippen molar-refractivity contribution in [2.24, 2.45) is 5.73 Å². The van der Waals surface area contributed by atoms with Crippen molar-refractivity contribution < 1.29 is 4.39 Å². The van der Waals surface area contributed by atoms with Gasteiger partial charge in [-0.3, -0.25) is 0 Å². The van der Waals surface area contributed by atoms with E-state index >= 15 is 0 Å². The van der Waals surface area contributed by atoms with Crippen LogP contribution in [0, 0.1) is 12.7 Å². The Morgan fingerprint density at radius 1 is 1.50 bits per heavy atom. The summed E-state index contributed by atoms with van der Waals surface area (Å²) in [6.07, 6.45) is 0. The zero-order valence-corrected chi connectivity index (χ0v) is 8.92. The number of hydrogen-bond acceptors (Lipinski definition) is 2. The van der Waals surface area contributed by atoms with E-state index in [4.69, 9.17) is 5.73 Å². The molecule has 1 unspecified atom stereocenters. The molecule has 0 aliphatic rings. The molecule has 14 heavy (non-hydrogen) atoms. The van der Waals surface area contributed by atoms with Gasteiger partial charge in [0, 0.05) is 25.3 Å².